The molecule has 34 heavy (non-hydrogen) atoms. The van der Waals surface area contributed by atoms with E-state index < -0.39 is 97.0 Å². The van der Waals surface area contributed by atoms with Crippen molar-refractivity contribution in [3.8, 4) is 0 Å². The summed E-state index contributed by atoms with van der Waals surface area (Å²) in [6.45, 7) is -0.438. The summed E-state index contributed by atoms with van der Waals surface area (Å²) in [5.41, 5.74) is -4.73. The highest BCUT2D eigenvalue weighted by molar-refractivity contribution is 14.1. The molecule has 0 amide bonds. The van der Waals surface area contributed by atoms with Gasteiger partial charge in [0.25, 0.3) is 11.8 Å². The van der Waals surface area contributed by atoms with Gasteiger partial charge in [-0.1, -0.05) is 22.6 Å². The van der Waals surface area contributed by atoms with Gasteiger partial charge in [-0.3, -0.25) is 0 Å². The smallest absolute Gasteiger partial charge is 0.234 e. The Morgan fingerprint density at radius 1 is 0.529 bits per heavy atom. The molecule has 0 aliphatic heterocycles. The number of alkyl halides is 18. The minimum Gasteiger partial charge on any atom is -0.234 e. The zero-order valence-corrected chi connectivity index (χ0v) is 18.7. The molecule has 0 heterocycles. The maximum atomic E-state index is 13.9. The van der Waals surface area contributed by atoms with Gasteiger partial charge in [0.05, 0.1) is 24.7 Å². The van der Waals surface area contributed by atoms with Crippen LogP contribution in [-0.2, 0) is 0 Å². The molecule has 4 unspecified atom stereocenters. The van der Waals surface area contributed by atoms with E-state index in [1.807, 2.05) is 0 Å². The third kappa shape index (κ3) is 11.1. The van der Waals surface area contributed by atoms with Crippen LogP contribution in [0, 0.1) is 11.8 Å². The zero-order valence-electron chi connectivity index (χ0n) is 16.6. The van der Waals surface area contributed by atoms with Gasteiger partial charge in [-0.05, 0) is 19.8 Å². The van der Waals surface area contributed by atoms with Crippen LogP contribution in [0.4, 0.5) is 74.6 Å². The van der Waals surface area contributed by atoms with Crippen LogP contribution in [0.1, 0.15) is 39.0 Å². The molecule has 0 rings (SSSR count). The first kappa shape index (κ1) is 33.5. The van der Waals surface area contributed by atoms with E-state index in [4.69, 9.17) is 0 Å². The van der Waals surface area contributed by atoms with E-state index in [1.54, 1.807) is 0 Å². The molecule has 0 saturated carbocycles. The Bertz CT molecular complexity index is 640. The van der Waals surface area contributed by atoms with E-state index in [-0.39, 0.29) is 0 Å². The summed E-state index contributed by atoms with van der Waals surface area (Å²) in [6, 6.07) is 0. The van der Waals surface area contributed by atoms with Gasteiger partial charge < -0.3 is 0 Å². The Kier molecular flexibility index (Phi) is 10.4. The van der Waals surface area contributed by atoms with Crippen LogP contribution in [0.2, 0.25) is 0 Å². The lowest BCUT2D eigenvalue weighted by Crippen LogP contribution is -2.45. The molecule has 0 spiro atoms. The standard InChI is InChI=1S/C16H16F17I/c1-10(17,16(31,32)33)5-12(20,21)6-11(18,19)4-8(14(25,26)27)2-7(13(22,23)24)3-9(34)15(28,29)30/h7-9H,2-6H2,1H3. The molecular formula is C16H16F17I. The molecule has 0 radical (unpaired) electrons. The van der Waals surface area contributed by atoms with Gasteiger partial charge in [0.1, 0.15) is 3.92 Å². The van der Waals surface area contributed by atoms with Crippen LogP contribution < -0.4 is 0 Å². The maximum absolute atomic E-state index is 13.9. The largest absolute Gasteiger partial charge is 0.422 e. The van der Waals surface area contributed by atoms with Crippen molar-refractivity contribution in [2.75, 3.05) is 0 Å². The molecule has 0 bridgehead atoms. The van der Waals surface area contributed by atoms with Crippen LogP contribution in [0.5, 0.6) is 0 Å². The average molecular weight is 658 g/mol. The SMILES string of the molecule is CC(F)(CC(F)(F)CC(F)(F)CC(CC(CC(I)C(F)(F)F)C(F)(F)F)C(F)(F)F)C(F)(F)F. The summed E-state index contributed by atoms with van der Waals surface area (Å²) < 4.78 is 219. The van der Waals surface area contributed by atoms with Crippen LogP contribution in [0.25, 0.3) is 0 Å². The first-order valence-corrected chi connectivity index (χ1v) is 10.1. The second kappa shape index (κ2) is 10.5. The quantitative estimate of drug-likeness (QED) is 0.125. The number of hydrogen-bond donors (Lipinski definition) is 0. The number of rotatable bonds is 10. The van der Waals surface area contributed by atoms with Gasteiger partial charge in [0.15, 0.2) is 0 Å². The summed E-state index contributed by atoms with van der Waals surface area (Å²) in [4.78, 5) is 0. The highest BCUT2D eigenvalue weighted by Gasteiger charge is 2.60. The van der Waals surface area contributed by atoms with Crippen LogP contribution in [0.3, 0.4) is 0 Å². The molecule has 0 fully saturated rings. The fraction of sp³-hybridized carbons (Fsp3) is 1.00. The topological polar surface area (TPSA) is 0 Å². The average Bonchev–Trinajstić information content (AvgIpc) is 2.46. The normalized spacial score (nSPS) is 19.5. The maximum Gasteiger partial charge on any atom is 0.422 e. The molecule has 0 saturated heterocycles. The van der Waals surface area contributed by atoms with Crippen molar-refractivity contribution >= 4 is 22.6 Å². The summed E-state index contributed by atoms with van der Waals surface area (Å²) in [5, 5.41) is 0. The fourth-order valence-corrected chi connectivity index (χ4v) is 3.50. The predicted octanol–water partition coefficient (Wildman–Crippen LogP) is 9.22. The van der Waals surface area contributed by atoms with Crippen molar-refractivity contribution in [2.24, 2.45) is 11.8 Å². The molecule has 18 heteroatoms. The first-order chi connectivity index (χ1) is 14.5. The lowest BCUT2D eigenvalue weighted by atomic mass is 9.84. The highest BCUT2D eigenvalue weighted by atomic mass is 127. The first-order valence-electron chi connectivity index (χ1n) is 8.86. The third-order valence-electron chi connectivity index (χ3n) is 4.59. The fourth-order valence-electron chi connectivity index (χ4n) is 2.88. The monoisotopic (exact) mass is 658 g/mol. The predicted molar refractivity (Wildman–Crippen MR) is 91.5 cm³/mol. The molecule has 0 aliphatic rings. The molecule has 0 aliphatic carbocycles. The lowest BCUT2D eigenvalue weighted by Gasteiger charge is -2.33. The van der Waals surface area contributed by atoms with Crippen molar-refractivity contribution in [2.45, 2.75) is 85.2 Å². The highest BCUT2D eigenvalue weighted by Crippen LogP contribution is 2.49. The second-order valence-electron chi connectivity index (χ2n) is 7.92. The van der Waals surface area contributed by atoms with Gasteiger partial charge in [0.2, 0.25) is 5.67 Å². The zero-order chi connectivity index (χ0) is 27.8. The van der Waals surface area contributed by atoms with E-state index in [1.165, 1.54) is 0 Å². The summed E-state index contributed by atoms with van der Waals surface area (Å²) in [5.74, 6) is -17.7. The van der Waals surface area contributed by atoms with E-state index in [0.717, 1.165) is 0 Å². The molecule has 0 aromatic rings. The summed E-state index contributed by atoms with van der Waals surface area (Å²) in [6.07, 6.45) is -36.1. The van der Waals surface area contributed by atoms with Crippen molar-refractivity contribution in [3.63, 3.8) is 0 Å². The Morgan fingerprint density at radius 3 is 1.26 bits per heavy atom. The van der Waals surface area contributed by atoms with E-state index in [0.29, 0.717) is 22.6 Å². The number of hydrogen-bond acceptors (Lipinski definition) is 0. The third-order valence-corrected chi connectivity index (χ3v) is 5.80. The van der Waals surface area contributed by atoms with Gasteiger partial charge in [-0.25, -0.2) is 22.0 Å². The molecule has 0 aromatic heterocycles. The van der Waals surface area contributed by atoms with Gasteiger partial charge in [0, 0.05) is 6.42 Å². The Hall–Kier alpha value is -0.460. The van der Waals surface area contributed by atoms with E-state index in [9.17, 15) is 74.6 Å². The number of halogens is 18. The van der Waals surface area contributed by atoms with Crippen molar-refractivity contribution < 1.29 is 74.6 Å². The van der Waals surface area contributed by atoms with Crippen LogP contribution in [0.15, 0.2) is 0 Å². The second-order valence-corrected chi connectivity index (χ2v) is 9.43. The van der Waals surface area contributed by atoms with Crippen molar-refractivity contribution in [1.29, 1.82) is 0 Å². The van der Waals surface area contributed by atoms with Crippen molar-refractivity contribution in [1.82, 2.24) is 0 Å². The molecule has 0 nitrogen and oxygen atoms in total. The van der Waals surface area contributed by atoms with Gasteiger partial charge in [-0.2, -0.15) is 52.7 Å². The Balaban J connectivity index is 5.78. The van der Waals surface area contributed by atoms with E-state index in [2.05, 4.69) is 0 Å². The summed E-state index contributed by atoms with van der Waals surface area (Å²) >= 11 is 0.455. The Morgan fingerprint density at radius 2 is 0.941 bits per heavy atom. The van der Waals surface area contributed by atoms with E-state index >= 15 is 0 Å². The molecule has 4 atom stereocenters. The van der Waals surface area contributed by atoms with Gasteiger partial charge >= 0.3 is 24.7 Å². The van der Waals surface area contributed by atoms with Crippen LogP contribution >= 0.6 is 22.6 Å². The molecule has 206 valence electrons. The van der Waals surface area contributed by atoms with Crippen LogP contribution in [-0.4, -0.2) is 46.1 Å². The minimum absolute atomic E-state index is 0.438. The van der Waals surface area contributed by atoms with Gasteiger partial charge in [-0.15, -0.1) is 0 Å². The molecule has 0 N–H and O–H groups in total. The minimum atomic E-state index is -5.96. The molecule has 0 aromatic carbocycles. The summed E-state index contributed by atoms with van der Waals surface area (Å²) in [7, 11) is 0. The Labute approximate surface area is 194 Å². The lowest BCUT2D eigenvalue weighted by molar-refractivity contribution is -0.253. The molecular weight excluding hydrogens is 642 g/mol. The van der Waals surface area contributed by atoms with Crippen molar-refractivity contribution in [3.05, 3.63) is 0 Å².